The van der Waals surface area contributed by atoms with Crippen LogP contribution in [0.25, 0.3) is 0 Å². The summed E-state index contributed by atoms with van der Waals surface area (Å²) in [5.74, 6) is 0.0183. The zero-order valence-electron chi connectivity index (χ0n) is 14.9. The van der Waals surface area contributed by atoms with Crippen LogP contribution in [0.4, 0.5) is 5.69 Å². The van der Waals surface area contributed by atoms with E-state index in [2.05, 4.69) is 4.99 Å². The molecule has 2 aliphatic rings. The molecular formula is C20H20N2O3S2. The number of aliphatic imine (C=N–C) groups is 1. The first-order valence-corrected chi connectivity index (χ1v) is 11.5. The van der Waals surface area contributed by atoms with Crippen LogP contribution in [-0.4, -0.2) is 42.3 Å². The Morgan fingerprint density at radius 1 is 1.11 bits per heavy atom. The molecule has 4 rings (SSSR count). The normalized spacial score (nSPS) is 24.9. The number of benzene rings is 2. The van der Waals surface area contributed by atoms with Crippen LogP contribution in [0.3, 0.4) is 0 Å². The largest absolute Gasteiger partial charge is 0.316 e. The van der Waals surface area contributed by atoms with Gasteiger partial charge in [-0.25, -0.2) is 8.42 Å². The number of nitrogens with zero attached hydrogens (tertiary/aromatic N) is 2. The summed E-state index contributed by atoms with van der Waals surface area (Å²) >= 11 is 1.41. The maximum Gasteiger partial charge on any atom is 0.252 e. The first kappa shape index (κ1) is 18.3. The van der Waals surface area contributed by atoms with E-state index in [1.165, 1.54) is 11.8 Å². The molecule has 0 saturated carbocycles. The molecule has 2 aromatic rings. The number of thioether (sulfide) groups is 1. The van der Waals surface area contributed by atoms with Crippen molar-refractivity contribution in [2.24, 2.45) is 4.99 Å². The van der Waals surface area contributed by atoms with Gasteiger partial charge in [-0.15, -0.1) is 0 Å². The molecule has 0 spiro atoms. The maximum atomic E-state index is 12.5. The predicted molar refractivity (Wildman–Crippen MR) is 110 cm³/mol. The standard InChI is InChI=1S/C20H20N2O3S2/c1-14-7-9-16(10-8-14)22-17-12-27(24,25)13-18(17)26-20(22)21-19(23)11-15-5-3-2-4-6-15/h2-10,17-18H,11-13H2,1H3. The van der Waals surface area contributed by atoms with Crippen molar-refractivity contribution in [3.8, 4) is 0 Å². The molecule has 2 heterocycles. The van der Waals surface area contributed by atoms with E-state index >= 15 is 0 Å². The summed E-state index contributed by atoms with van der Waals surface area (Å²) in [6.45, 7) is 2.00. The number of carbonyl (C=O) groups excluding carboxylic acids is 1. The third-order valence-corrected chi connectivity index (χ3v) is 8.01. The molecule has 2 saturated heterocycles. The Labute approximate surface area is 163 Å². The van der Waals surface area contributed by atoms with Gasteiger partial charge >= 0.3 is 0 Å². The van der Waals surface area contributed by atoms with Crippen LogP contribution < -0.4 is 4.90 Å². The maximum absolute atomic E-state index is 12.5. The number of sulfone groups is 1. The summed E-state index contributed by atoms with van der Waals surface area (Å²) in [6.07, 6.45) is 0.236. The average Bonchev–Trinajstić information content (AvgIpc) is 3.07. The van der Waals surface area contributed by atoms with Crippen LogP contribution >= 0.6 is 11.8 Å². The second kappa shape index (κ2) is 7.13. The first-order valence-electron chi connectivity index (χ1n) is 8.80. The van der Waals surface area contributed by atoms with E-state index in [1.807, 2.05) is 66.4 Å². The average molecular weight is 401 g/mol. The summed E-state index contributed by atoms with van der Waals surface area (Å²) in [5.41, 5.74) is 2.92. The van der Waals surface area contributed by atoms with Gasteiger partial charge in [-0.2, -0.15) is 4.99 Å². The minimum absolute atomic E-state index is 0.0837. The SMILES string of the molecule is Cc1ccc(N2C(=NC(=O)Cc3ccccc3)SC3CS(=O)(=O)CC32)cc1. The van der Waals surface area contributed by atoms with Crippen LogP contribution in [0, 0.1) is 6.92 Å². The molecule has 0 N–H and O–H groups in total. The van der Waals surface area contributed by atoms with Crippen molar-refractivity contribution in [3.63, 3.8) is 0 Å². The van der Waals surface area contributed by atoms with Gasteiger partial charge in [-0.1, -0.05) is 59.8 Å². The highest BCUT2D eigenvalue weighted by Gasteiger charge is 2.49. The Balaban J connectivity index is 1.64. The molecule has 27 heavy (non-hydrogen) atoms. The monoisotopic (exact) mass is 400 g/mol. The molecular weight excluding hydrogens is 380 g/mol. The van der Waals surface area contributed by atoms with Crippen molar-refractivity contribution in [1.29, 1.82) is 0 Å². The molecule has 0 bridgehead atoms. The zero-order chi connectivity index (χ0) is 19.0. The van der Waals surface area contributed by atoms with Crippen molar-refractivity contribution < 1.29 is 13.2 Å². The first-order chi connectivity index (χ1) is 12.9. The van der Waals surface area contributed by atoms with Gasteiger partial charge in [0.25, 0.3) is 5.91 Å². The summed E-state index contributed by atoms with van der Waals surface area (Å²) < 4.78 is 24.2. The van der Waals surface area contributed by atoms with Crippen molar-refractivity contribution in [2.75, 3.05) is 16.4 Å². The number of amides is 1. The highest BCUT2D eigenvalue weighted by Crippen LogP contribution is 2.41. The molecule has 140 valence electrons. The van der Waals surface area contributed by atoms with Crippen molar-refractivity contribution in [1.82, 2.24) is 0 Å². The summed E-state index contributed by atoms with van der Waals surface area (Å²) in [6, 6.07) is 17.2. The molecule has 2 fully saturated rings. The molecule has 2 aliphatic heterocycles. The fourth-order valence-corrected chi connectivity index (χ4v) is 7.42. The smallest absolute Gasteiger partial charge is 0.252 e. The lowest BCUT2D eigenvalue weighted by molar-refractivity contribution is -0.117. The Morgan fingerprint density at radius 2 is 1.81 bits per heavy atom. The van der Waals surface area contributed by atoms with E-state index in [4.69, 9.17) is 0 Å². The number of hydrogen-bond donors (Lipinski definition) is 0. The van der Waals surface area contributed by atoms with Gasteiger partial charge in [0.05, 0.1) is 24.0 Å². The lowest BCUT2D eigenvalue weighted by Crippen LogP contribution is -2.37. The highest BCUT2D eigenvalue weighted by molar-refractivity contribution is 8.16. The van der Waals surface area contributed by atoms with Crippen molar-refractivity contribution >= 4 is 38.4 Å². The summed E-state index contributed by atoms with van der Waals surface area (Å²) in [5, 5.41) is 0.518. The summed E-state index contributed by atoms with van der Waals surface area (Å²) in [4.78, 5) is 18.8. The van der Waals surface area contributed by atoms with Crippen LogP contribution in [-0.2, 0) is 21.1 Å². The molecule has 0 radical (unpaired) electrons. The fourth-order valence-electron chi connectivity index (χ4n) is 3.49. The lowest BCUT2D eigenvalue weighted by Gasteiger charge is -2.24. The van der Waals surface area contributed by atoms with E-state index in [0.29, 0.717) is 5.17 Å². The van der Waals surface area contributed by atoms with Crippen LogP contribution in [0.5, 0.6) is 0 Å². The van der Waals surface area contributed by atoms with Gasteiger partial charge in [0.2, 0.25) is 0 Å². The third kappa shape index (κ3) is 3.94. The number of hydrogen-bond acceptors (Lipinski definition) is 4. The molecule has 2 atom stereocenters. The molecule has 5 nitrogen and oxygen atoms in total. The molecule has 2 aromatic carbocycles. The number of rotatable bonds is 3. The number of fused-ring (bicyclic) bond motifs is 1. The van der Waals surface area contributed by atoms with Crippen LogP contribution in [0.1, 0.15) is 11.1 Å². The number of aryl methyl sites for hydroxylation is 1. The van der Waals surface area contributed by atoms with Crippen LogP contribution in [0.2, 0.25) is 0 Å². The zero-order valence-corrected chi connectivity index (χ0v) is 16.5. The van der Waals surface area contributed by atoms with E-state index in [-0.39, 0.29) is 35.1 Å². The number of anilines is 1. The highest BCUT2D eigenvalue weighted by atomic mass is 32.2. The fraction of sp³-hybridized carbons (Fsp3) is 0.300. The van der Waals surface area contributed by atoms with E-state index < -0.39 is 9.84 Å². The topological polar surface area (TPSA) is 66.8 Å². The Morgan fingerprint density at radius 3 is 2.52 bits per heavy atom. The van der Waals surface area contributed by atoms with E-state index in [0.717, 1.165) is 16.8 Å². The van der Waals surface area contributed by atoms with Gasteiger partial charge in [0, 0.05) is 10.9 Å². The Bertz CT molecular complexity index is 986. The second-order valence-electron chi connectivity index (χ2n) is 6.96. The van der Waals surface area contributed by atoms with Gasteiger partial charge in [-0.05, 0) is 24.6 Å². The second-order valence-corrected chi connectivity index (χ2v) is 10.3. The Kier molecular flexibility index (Phi) is 4.82. The number of carbonyl (C=O) groups is 1. The van der Waals surface area contributed by atoms with Crippen molar-refractivity contribution in [2.45, 2.75) is 24.6 Å². The molecule has 7 heteroatoms. The van der Waals surface area contributed by atoms with Gasteiger partial charge < -0.3 is 4.90 Å². The summed E-state index contributed by atoms with van der Waals surface area (Å²) in [7, 11) is -3.06. The molecule has 0 aromatic heterocycles. The predicted octanol–water partition coefficient (Wildman–Crippen LogP) is 2.84. The van der Waals surface area contributed by atoms with Gasteiger partial charge in [-0.3, -0.25) is 4.79 Å². The molecule has 2 unspecified atom stereocenters. The van der Waals surface area contributed by atoms with Crippen molar-refractivity contribution in [3.05, 3.63) is 65.7 Å². The minimum atomic E-state index is -3.06. The quantitative estimate of drug-likeness (QED) is 0.793. The lowest BCUT2D eigenvalue weighted by atomic mass is 10.1. The minimum Gasteiger partial charge on any atom is -0.316 e. The molecule has 0 aliphatic carbocycles. The molecule has 1 amide bonds. The number of amidine groups is 1. The third-order valence-electron chi connectivity index (χ3n) is 4.80. The van der Waals surface area contributed by atoms with Crippen LogP contribution in [0.15, 0.2) is 59.6 Å². The van der Waals surface area contributed by atoms with E-state index in [9.17, 15) is 13.2 Å². The van der Waals surface area contributed by atoms with Gasteiger partial charge in [0.15, 0.2) is 15.0 Å². The Hall–Kier alpha value is -2.12. The van der Waals surface area contributed by atoms with E-state index in [1.54, 1.807) is 0 Å². The van der Waals surface area contributed by atoms with Gasteiger partial charge in [0.1, 0.15) is 0 Å².